The first-order valence-electron chi connectivity index (χ1n) is 7.14. The molecule has 0 bridgehead atoms. The molecule has 0 radical (unpaired) electrons. The molecule has 2 aromatic heterocycles. The van der Waals surface area contributed by atoms with Crippen LogP contribution in [0.1, 0.15) is 21.9 Å². The monoisotopic (exact) mass is 319 g/mol. The van der Waals surface area contributed by atoms with E-state index in [0.29, 0.717) is 25.3 Å². The highest BCUT2D eigenvalue weighted by molar-refractivity contribution is 7.11. The highest BCUT2D eigenvalue weighted by atomic mass is 32.1. The van der Waals surface area contributed by atoms with E-state index in [1.54, 1.807) is 28.6 Å². The lowest BCUT2D eigenvalue weighted by Gasteiger charge is -2.21. The predicted octanol–water partition coefficient (Wildman–Crippen LogP) is 2.90. The van der Waals surface area contributed by atoms with Gasteiger partial charge in [-0.2, -0.15) is 0 Å². The lowest BCUT2D eigenvalue weighted by molar-refractivity contribution is -0.142. The van der Waals surface area contributed by atoms with E-state index in [1.807, 2.05) is 25.1 Å². The first kappa shape index (κ1) is 14.8. The van der Waals surface area contributed by atoms with E-state index in [-0.39, 0.29) is 5.91 Å². The lowest BCUT2D eigenvalue weighted by atomic mass is 10.2. The second-order valence-electron chi connectivity index (χ2n) is 5.57. The van der Waals surface area contributed by atoms with Crippen LogP contribution >= 0.6 is 11.3 Å². The topological polar surface area (TPSA) is 70.8 Å². The summed E-state index contributed by atoms with van der Waals surface area (Å²) in [6.45, 7) is 2.88. The number of carboxylic acids is 1. The van der Waals surface area contributed by atoms with Crippen LogP contribution in [0.3, 0.4) is 0 Å². The summed E-state index contributed by atoms with van der Waals surface area (Å²) in [6, 6.07) is 7.63. The lowest BCUT2D eigenvalue weighted by Crippen LogP contribution is -2.32. The summed E-state index contributed by atoms with van der Waals surface area (Å²) in [5, 5.41) is 9.02. The number of hydrogen-bond acceptors (Lipinski definition) is 4. The SMILES string of the molecule is Cc1ccc(CN(Cc2ccco2)C(=O)C2CC2C(=O)O)s1. The Labute approximate surface area is 132 Å². The summed E-state index contributed by atoms with van der Waals surface area (Å²) < 4.78 is 5.32. The first-order valence-corrected chi connectivity index (χ1v) is 7.95. The number of carboxylic acid groups (broad SMARTS) is 1. The van der Waals surface area contributed by atoms with Gasteiger partial charge in [0, 0.05) is 9.75 Å². The van der Waals surface area contributed by atoms with Crippen molar-refractivity contribution in [1.29, 1.82) is 0 Å². The Morgan fingerprint density at radius 1 is 1.32 bits per heavy atom. The Balaban J connectivity index is 1.73. The van der Waals surface area contributed by atoms with Crippen molar-refractivity contribution in [2.24, 2.45) is 11.8 Å². The second-order valence-corrected chi connectivity index (χ2v) is 6.95. The summed E-state index contributed by atoms with van der Waals surface area (Å²) in [5.74, 6) is -1.21. The number of aliphatic carboxylic acids is 1. The molecule has 0 aromatic carbocycles. The van der Waals surface area contributed by atoms with Gasteiger partial charge >= 0.3 is 5.97 Å². The van der Waals surface area contributed by atoms with Gasteiger partial charge in [-0.1, -0.05) is 0 Å². The molecule has 5 nitrogen and oxygen atoms in total. The van der Waals surface area contributed by atoms with Gasteiger partial charge in [-0.05, 0) is 37.6 Å². The summed E-state index contributed by atoms with van der Waals surface area (Å²) in [5.41, 5.74) is 0. The van der Waals surface area contributed by atoms with Gasteiger partial charge in [0.1, 0.15) is 5.76 Å². The molecule has 2 aromatic rings. The van der Waals surface area contributed by atoms with Gasteiger partial charge in [-0.25, -0.2) is 0 Å². The van der Waals surface area contributed by atoms with Crippen molar-refractivity contribution in [3.05, 3.63) is 46.0 Å². The zero-order valence-electron chi connectivity index (χ0n) is 12.2. The Morgan fingerprint density at radius 3 is 2.68 bits per heavy atom. The molecule has 1 aliphatic rings. The molecule has 0 aliphatic heterocycles. The fourth-order valence-electron chi connectivity index (χ4n) is 2.54. The van der Waals surface area contributed by atoms with Gasteiger partial charge in [0.2, 0.25) is 5.91 Å². The minimum atomic E-state index is -0.886. The number of carbonyl (C=O) groups excluding carboxylic acids is 1. The van der Waals surface area contributed by atoms with Crippen molar-refractivity contribution in [2.75, 3.05) is 0 Å². The molecule has 1 saturated carbocycles. The molecule has 2 heterocycles. The van der Waals surface area contributed by atoms with Gasteiger partial charge in [0.25, 0.3) is 0 Å². The van der Waals surface area contributed by atoms with Crippen molar-refractivity contribution in [2.45, 2.75) is 26.4 Å². The third-order valence-electron chi connectivity index (χ3n) is 3.81. The maximum atomic E-state index is 12.6. The van der Waals surface area contributed by atoms with Gasteiger partial charge in [-0.15, -0.1) is 11.3 Å². The summed E-state index contributed by atoms with van der Waals surface area (Å²) in [4.78, 5) is 27.5. The van der Waals surface area contributed by atoms with E-state index >= 15 is 0 Å². The van der Waals surface area contributed by atoms with Crippen molar-refractivity contribution >= 4 is 23.2 Å². The van der Waals surface area contributed by atoms with E-state index in [1.165, 1.54) is 4.88 Å². The molecule has 1 amide bonds. The van der Waals surface area contributed by atoms with Crippen LogP contribution < -0.4 is 0 Å². The van der Waals surface area contributed by atoms with Crippen LogP contribution in [0.25, 0.3) is 0 Å². The molecule has 6 heteroatoms. The molecule has 22 heavy (non-hydrogen) atoms. The van der Waals surface area contributed by atoms with E-state index in [2.05, 4.69) is 0 Å². The molecule has 2 atom stereocenters. The number of nitrogens with zero attached hydrogens (tertiary/aromatic N) is 1. The van der Waals surface area contributed by atoms with E-state index < -0.39 is 17.8 Å². The van der Waals surface area contributed by atoms with Crippen LogP contribution in [-0.4, -0.2) is 21.9 Å². The fraction of sp³-hybridized carbons (Fsp3) is 0.375. The quantitative estimate of drug-likeness (QED) is 0.888. The zero-order chi connectivity index (χ0) is 15.7. The molecule has 116 valence electrons. The standard InChI is InChI=1S/C16H17NO4S/c1-10-4-5-12(22-10)9-17(8-11-3-2-6-21-11)15(18)13-7-14(13)16(19)20/h2-6,13-14H,7-9H2,1H3,(H,19,20). The van der Waals surface area contributed by atoms with Crippen molar-refractivity contribution in [3.8, 4) is 0 Å². The number of thiophene rings is 1. The fourth-order valence-corrected chi connectivity index (χ4v) is 3.44. The maximum Gasteiger partial charge on any atom is 0.307 e. The average molecular weight is 319 g/mol. The van der Waals surface area contributed by atoms with Crippen molar-refractivity contribution < 1.29 is 19.1 Å². The van der Waals surface area contributed by atoms with E-state index in [4.69, 9.17) is 9.52 Å². The highest BCUT2D eigenvalue weighted by Gasteiger charge is 2.49. The van der Waals surface area contributed by atoms with E-state index in [9.17, 15) is 9.59 Å². The molecule has 1 fully saturated rings. The summed E-state index contributed by atoms with van der Waals surface area (Å²) >= 11 is 1.64. The maximum absolute atomic E-state index is 12.6. The normalized spacial score (nSPS) is 19.9. The minimum Gasteiger partial charge on any atom is -0.481 e. The van der Waals surface area contributed by atoms with Crippen LogP contribution in [0.15, 0.2) is 34.9 Å². The zero-order valence-corrected chi connectivity index (χ0v) is 13.0. The molecule has 0 saturated heterocycles. The number of hydrogen-bond donors (Lipinski definition) is 1. The molecular formula is C16H17NO4S. The number of rotatable bonds is 6. The Bertz CT molecular complexity index is 676. The van der Waals surface area contributed by atoms with Gasteiger partial charge in [-0.3, -0.25) is 9.59 Å². The third kappa shape index (κ3) is 3.22. The first-order chi connectivity index (χ1) is 10.5. The Kier molecular flexibility index (Phi) is 4.02. The predicted molar refractivity (Wildman–Crippen MR) is 81.3 cm³/mol. The number of aryl methyl sites for hydroxylation is 1. The van der Waals surface area contributed by atoms with Crippen LogP contribution in [0, 0.1) is 18.8 Å². The van der Waals surface area contributed by atoms with Crippen LogP contribution in [0.5, 0.6) is 0 Å². The number of furan rings is 1. The Hall–Kier alpha value is -2.08. The highest BCUT2D eigenvalue weighted by Crippen LogP contribution is 2.40. The molecule has 3 rings (SSSR count). The average Bonchev–Trinajstić information content (AvgIpc) is 2.93. The molecule has 1 N–H and O–H groups in total. The summed E-state index contributed by atoms with van der Waals surface area (Å²) in [7, 11) is 0. The van der Waals surface area contributed by atoms with Crippen molar-refractivity contribution in [1.82, 2.24) is 4.90 Å². The van der Waals surface area contributed by atoms with Crippen molar-refractivity contribution in [3.63, 3.8) is 0 Å². The van der Waals surface area contributed by atoms with E-state index in [0.717, 1.165) is 4.88 Å². The molecular weight excluding hydrogens is 302 g/mol. The minimum absolute atomic E-state index is 0.102. The molecule has 2 unspecified atom stereocenters. The molecule has 0 spiro atoms. The van der Waals surface area contributed by atoms with Gasteiger partial charge in [0.05, 0.1) is 31.2 Å². The third-order valence-corrected chi connectivity index (χ3v) is 4.79. The molecule has 1 aliphatic carbocycles. The summed E-state index contributed by atoms with van der Waals surface area (Å²) in [6.07, 6.45) is 2.01. The largest absolute Gasteiger partial charge is 0.481 e. The Morgan fingerprint density at radius 2 is 2.14 bits per heavy atom. The van der Waals surface area contributed by atoms with Crippen LogP contribution in [-0.2, 0) is 22.7 Å². The van der Waals surface area contributed by atoms with Crippen LogP contribution in [0.4, 0.5) is 0 Å². The van der Waals surface area contributed by atoms with Crippen LogP contribution in [0.2, 0.25) is 0 Å². The van der Waals surface area contributed by atoms with Gasteiger partial charge < -0.3 is 14.4 Å². The number of carbonyl (C=O) groups is 2. The second kappa shape index (κ2) is 5.96. The smallest absolute Gasteiger partial charge is 0.307 e. The number of amides is 1. The van der Waals surface area contributed by atoms with Gasteiger partial charge in [0.15, 0.2) is 0 Å².